The number of nitrogens with zero attached hydrogens (tertiary/aromatic N) is 5. The van der Waals surface area contributed by atoms with Crippen LogP contribution in [0.2, 0.25) is 0 Å². The average Bonchev–Trinajstić information content (AvgIpc) is 3.15. The number of non-ortho nitro benzene ring substituents is 1. The normalized spacial score (nSPS) is 30.6. The van der Waals surface area contributed by atoms with Gasteiger partial charge in [-0.1, -0.05) is 11.6 Å². The van der Waals surface area contributed by atoms with Crippen LogP contribution in [0.15, 0.2) is 34.6 Å². The maximum atomic E-state index is 10.9. The van der Waals surface area contributed by atoms with E-state index in [2.05, 4.69) is 15.2 Å². The largest absolute Gasteiger partial charge is 0.277 e. The number of likely N-dealkylation sites (tertiary alicyclic amines) is 1. The van der Waals surface area contributed by atoms with Gasteiger partial charge in [-0.3, -0.25) is 15.0 Å². The summed E-state index contributed by atoms with van der Waals surface area (Å²) in [6.45, 7) is 2.18. The fraction of sp³-hybridized carbons (Fsp3) is 0.625. The molecule has 23 heavy (non-hydrogen) atoms. The van der Waals surface area contributed by atoms with Gasteiger partial charge >= 0.3 is 0 Å². The number of hydrogen-bond donors (Lipinski definition) is 0. The Morgan fingerprint density at radius 3 is 2.57 bits per heavy atom. The number of anilines is 1. The van der Waals surface area contributed by atoms with E-state index in [0.29, 0.717) is 0 Å². The van der Waals surface area contributed by atoms with Crippen molar-refractivity contribution in [2.75, 3.05) is 18.1 Å². The molecule has 1 saturated heterocycles. The molecule has 1 aromatic rings. The highest BCUT2D eigenvalue weighted by Crippen LogP contribution is 2.47. The summed E-state index contributed by atoms with van der Waals surface area (Å²) in [6, 6.07) is 6.91. The van der Waals surface area contributed by atoms with Gasteiger partial charge in [-0.2, -0.15) is 5.11 Å². The number of benzene rings is 1. The Balaban J connectivity index is 1.68. The third kappa shape index (κ3) is 2.22. The second-order valence-electron chi connectivity index (χ2n) is 6.62. The minimum Gasteiger partial charge on any atom is -0.277 e. The highest BCUT2D eigenvalue weighted by molar-refractivity contribution is 5.53. The van der Waals surface area contributed by atoms with E-state index < -0.39 is 0 Å². The SMILES string of the molecule is O=[N+]([O-])c1ccc(N2N=NC3CCCC32N2CCCCC2)cc1. The molecule has 1 saturated carbocycles. The molecule has 0 amide bonds. The summed E-state index contributed by atoms with van der Waals surface area (Å²) >= 11 is 0. The third-order valence-electron chi connectivity index (χ3n) is 5.41. The van der Waals surface area contributed by atoms with Gasteiger partial charge in [0.25, 0.3) is 5.69 Å². The number of piperidine rings is 1. The minimum atomic E-state index is -0.367. The van der Waals surface area contributed by atoms with Gasteiger partial charge in [0.2, 0.25) is 0 Å². The van der Waals surface area contributed by atoms with Crippen molar-refractivity contribution in [3.63, 3.8) is 0 Å². The first-order valence-electron chi connectivity index (χ1n) is 8.42. The maximum absolute atomic E-state index is 10.9. The Bertz CT molecular complexity index is 626. The van der Waals surface area contributed by atoms with Crippen LogP contribution in [0.25, 0.3) is 0 Å². The van der Waals surface area contributed by atoms with Gasteiger partial charge in [-0.05, 0) is 44.2 Å². The molecule has 7 heteroatoms. The van der Waals surface area contributed by atoms with Crippen molar-refractivity contribution in [2.45, 2.75) is 50.2 Å². The Labute approximate surface area is 135 Å². The van der Waals surface area contributed by atoms with Crippen molar-refractivity contribution >= 4 is 11.4 Å². The zero-order chi connectivity index (χ0) is 15.9. The fourth-order valence-corrected chi connectivity index (χ4v) is 4.32. The van der Waals surface area contributed by atoms with Gasteiger partial charge in [0.15, 0.2) is 0 Å². The van der Waals surface area contributed by atoms with Gasteiger partial charge in [0.1, 0.15) is 11.7 Å². The zero-order valence-electron chi connectivity index (χ0n) is 13.1. The van der Waals surface area contributed by atoms with Gasteiger partial charge in [0.05, 0.1) is 10.6 Å². The standard InChI is InChI=1S/C16H21N5O2/c22-21(23)14-8-6-13(7-9-14)20-16(19-11-2-1-3-12-19)10-4-5-15(16)17-18-20/h6-9,15H,1-5,10-12H2. The number of nitro benzene ring substituents is 1. The summed E-state index contributed by atoms with van der Waals surface area (Å²) in [5.41, 5.74) is 0.852. The van der Waals surface area contributed by atoms with E-state index in [4.69, 9.17) is 0 Å². The molecule has 3 aliphatic rings. The molecule has 1 aliphatic carbocycles. The molecule has 2 unspecified atom stereocenters. The molecule has 4 rings (SSSR count). The summed E-state index contributed by atoms with van der Waals surface area (Å²) in [5.74, 6) is 0. The maximum Gasteiger partial charge on any atom is 0.269 e. The zero-order valence-corrected chi connectivity index (χ0v) is 13.1. The van der Waals surface area contributed by atoms with E-state index in [9.17, 15) is 10.1 Å². The second-order valence-corrected chi connectivity index (χ2v) is 6.62. The molecule has 0 spiro atoms. The van der Waals surface area contributed by atoms with Gasteiger partial charge in [-0.25, -0.2) is 5.01 Å². The number of nitro groups is 1. The van der Waals surface area contributed by atoms with Crippen LogP contribution in [-0.4, -0.2) is 34.6 Å². The smallest absolute Gasteiger partial charge is 0.269 e. The first-order chi connectivity index (χ1) is 11.2. The molecular formula is C16H21N5O2. The highest BCUT2D eigenvalue weighted by atomic mass is 16.6. The molecule has 2 atom stereocenters. The van der Waals surface area contributed by atoms with Crippen molar-refractivity contribution in [2.24, 2.45) is 10.3 Å². The topological polar surface area (TPSA) is 74.3 Å². The molecule has 2 fully saturated rings. The lowest BCUT2D eigenvalue weighted by molar-refractivity contribution is -0.384. The van der Waals surface area contributed by atoms with Crippen LogP contribution < -0.4 is 5.01 Å². The first-order valence-corrected chi connectivity index (χ1v) is 8.42. The molecule has 0 radical (unpaired) electrons. The summed E-state index contributed by atoms with van der Waals surface area (Å²) in [7, 11) is 0. The summed E-state index contributed by atoms with van der Waals surface area (Å²) in [6.07, 6.45) is 7.03. The van der Waals surface area contributed by atoms with Crippen molar-refractivity contribution < 1.29 is 4.92 Å². The van der Waals surface area contributed by atoms with E-state index in [0.717, 1.165) is 38.0 Å². The Kier molecular flexibility index (Phi) is 3.52. The Morgan fingerprint density at radius 1 is 1.13 bits per heavy atom. The average molecular weight is 315 g/mol. The van der Waals surface area contributed by atoms with E-state index in [-0.39, 0.29) is 22.3 Å². The second kappa shape index (κ2) is 5.56. The van der Waals surface area contributed by atoms with Crippen LogP contribution in [-0.2, 0) is 0 Å². The summed E-state index contributed by atoms with van der Waals surface area (Å²) in [4.78, 5) is 13.1. The van der Waals surface area contributed by atoms with E-state index >= 15 is 0 Å². The fourth-order valence-electron chi connectivity index (χ4n) is 4.32. The van der Waals surface area contributed by atoms with Crippen molar-refractivity contribution in [3.8, 4) is 0 Å². The molecular weight excluding hydrogens is 294 g/mol. The van der Waals surface area contributed by atoms with Gasteiger partial charge < -0.3 is 0 Å². The lowest BCUT2D eigenvalue weighted by Crippen LogP contribution is -2.61. The van der Waals surface area contributed by atoms with Crippen LogP contribution in [0.3, 0.4) is 0 Å². The van der Waals surface area contributed by atoms with Crippen LogP contribution in [0, 0.1) is 10.1 Å². The molecule has 2 heterocycles. The Morgan fingerprint density at radius 2 is 1.87 bits per heavy atom. The molecule has 7 nitrogen and oxygen atoms in total. The van der Waals surface area contributed by atoms with Crippen molar-refractivity contribution in [1.29, 1.82) is 0 Å². The predicted molar refractivity (Wildman–Crippen MR) is 86.2 cm³/mol. The quantitative estimate of drug-likeness (QED) is 0.632. The first kappa shape index (κ1) is 14.6. The van der Waals surface area contributed by atoms with E-state index in [1.165, 1.54) is 19.3 Å². The number of hydrogen-bond acceptors (Lipinski definition) is 6. The van der Waals surface area contributed by atoms with Gasteiger partial charge in [0, 0.05) is 25.2 Å². The molecule has 0 bridgehead atoms. The molecule has 2 aliphatic heterocycles. The monoisotopic (exact) mass is 315 g/mol. The van der Waals surface area contributed by atoms with Crippen molar-refractivity contribution in [1.82, 2.24) is 4.90 Å². The van der Waals surface area contributed by atoms with Crippen LogP contribution in [0.5, 0.6) is 0 Å². The molecule has 122 valence electrons. The summed E-state index contributed by atoms with van der Waals surface area (Å²) in [5, 5.41) is 21.9. The number of fused-ring (bicyclic) bond motifs is 1. The van der Waals surface area contributed by atoms with Crippen LogP contribution >= 0.6 is 0 Å². The molecule has 1 aromatic carbocycles. The lowest BCUT2D eigenvalue weighted by Gasteiger charge is -2.46. The summed E-state index contributed by atoms with van der Waals surface area (Å²) < 4.78 is 0. The van der Waals surface area contributed by atoms with Gasteiger partial charge in [-0.15, -0.1) is 0 Å². The predicted octanol–water partition coefficient (Wildman–Crippen LogP) is 3.52. The molecule has 0 aromatic heterocycles. The highest BCUT2D eigenvalue weighted by Gasteiger charge is 2.56. The molecule has 0 N–H and O–H groups in total. The van der Waals surface area contributed by atoms with Crippen LogP contribution in [0.1, 0.15) is 38.5 Å². The van der Waals surface area contributed by atoms with Crippen LogP contribution in [0.4, 0.5) is 11.4 Å². The Hall–Kier alpha value is -2.02. The van der Waals surface area contributed by atoms with Crippen molar-refractivity contribution in [3.05, 3.63) is 34.4 Å². The van der Waals surface area contributed by atoms with E-state index in [1.54, 1.807) is 24.3 Å². The lowest BCUT2D eigenvalue weighted by atomic mass is 9.97. The van der Waals surface area contributed by atoms with E-state index in [1.807, 2.05) is 5.01 Å². The number of rotatable bonds is 3. The minimum absolute atomic E-state index is 0.111. The third-order valence-corrected chi connectivity index (χ3v) is 5.41.